The van der Waals surface area contributed by atoms with Crippen LogP contribution < -0.4 is 12.4 Å². The molecule has 1 atom stereocenters. The van der Waals surface area contributed by atoms with E-state index in [2.05, 4.69) is 42.4 Å². The quantitative estimate of drug-likeness (QED) is 0.529. The van der Waals surface area contributed by atoms with Crippen LogP contribution in [0, 0.1) is 5.82 Å². The summed E-state index contributed by atoms with van der Waals surface area (Å²) in [5, 5.41) is 12.9. The Balaban J connectivity index is 0.00000245. The Morgan fingerprint density at radius 2 is 1.62 bits per heavy atom. The van der Waals surface area contributed by atoms with E-state index in [1.54, 1.807) is 0 Å². The fourth-order valence-corrected chi connectivity index (χ4v) is 4.88. The van der Waals surface area contributed by atoms with Crippen LogP contribution in [0.1, 0.15) is 54.7 Å². The lowest BCUT2D eigenvalue weighted by Crippen LogP contribution is -3.00. The van der Waals surface area contributed by atoms with Gasteiger partial charge in [-0.15, -0.1) is 5.10 Å². The second-order valence-corrected chi connectivity index (χ2v) is 8.54. The van der Waals surface area contributed by atoms with Crippen LogP contribution in [-0.2, 0) is 6.54 Å². The Hall–Kier alpha value is -2.42. The van der Waals surface area contributed by atoms with Crippen molar-refractivity contribution in [3.8, 4) is 0 Å². The molecule has 0 bridgehead atoms. The maximum absolute atomic E-state index is 13.6. The standard InChI is InChI=1S/C23H28FN7.ClH/c24-20-7-5-19(6-8-20)22(23-26-27-28-31(23)21-3-1-2-4-21)30-15-13-29(14-16-30)17-18-9-11-25-12-10-18;/h5-12,21-22H,1-4,13-17H2;1H/p-1. The highest BCUT2D eigenvalue weighted by Gasteiger charge is 2.33. The molecule has 0 spiro atoms. The normalized spacial score (nSPS) is 19.0. The Morgan fingerprint density at radius 3 is 2.31 bits per heavy atom. The molecule has 5 rings (SSSR count). The van der Waals surface area contributed by atoms with Gasteiger partial charge in [-0.2, -0.15) is 0 Å². The summed E-state index contributed by atoms with van der Waals surface area (Å²) in [6, 6.07) is 11.2. The summed E-state index contributed by atoms with van der Waals surface area (Å²) in [6.07, 6.45) is 8.37. The molecule has 1 unspecified atom stereocenters. The van der Waals surface area contributed by atoms with Crippen molar-refractivity contribution in [2.45, 2.75) is 44.3 Å². The lowest BCUT2D eigenvalue weighted by molar-refractivity contribution is -0.00000718. The average molecular weight is 457 g/mol. The van der Waals surface area contributed by atoms with Gasteiger partial charge in [0.1, 0.15) is 5.82 Å². The maximum atomic E-state index is 13.6. The smallest absolute Gasteiger partial charge is 0.173 e. The van der Waals surface area contributed by atoms with E-state index in [1.807, 2.05) is 29.2 Å². The second-order valence-electron chi connectivity index (χ2n) is 8.54. The number of halogens is 2. The van der Waals surface area contributed by atoms with Gasteiger partial charge in [0.2, 0.25) is 0 Å². The van der Waals surface area contributed by atoms with E-state index in [1.165, 1.54) is 30.5 Å². The predicted octanol–water partition coefficient (Wildman–Crippen LogP) is 0.234. The third kappa shape index (κ3) is 4.98. The summed E-state index contributed by atoms with van der Waals surface area (Å²) in [5.74, 6) is 0.654. The van der Waals surface area contributed by atoms with Gasteiger partial charge in [0.25, 0.3) is 0 Å². The molecule has 3 heterocycles. The van der Waals surface area contributed by atoms with Gasteiger partial charge in [0.15, 0.2) is 5.82 Å². The molecule has 1 aliphatic heterocycles. The van der Waals surface area contributed by atoms with Crippen molar-refractivity contribution in [2.24, 2.45) is 0 Å². The predicted molar refractivity (Wildman–Crippen MR) is 115 cm³/mol. The van der Waals surface area contributed by atoms with E-state index in [-0.39, 0.29) is 24.3 Å². The summed E-state index contributed by atoms with van der Waals surface area (Å²) in [5.41, 5.74) is 2.32. The molecule has 1 saturated carbocycles. The van der Waals surface area contributed by atoms with Crippen LogP contribution in [0.15, 0.2) is 48.8 Å². The van der Waals surface area contributed by atoms with Crippen LogP contribution in [0.4, 0.5) is 4.39 Å². The van der Waals surface area contributed by atoms with Gasteiger partial charge >= 0.3 is 0 Å². The van der Waals surface area contributed by atoms with Gasteiger partial charge in [-0.3, -0.25) is 14.8 Å². The number of benzene rings is 1. The van der Waals surface area contributed by atoms with Gasteiger partial charge < -0.3 is 12.4 Å². The van der Waals surface area contributed by atoms with Crippen molar-refractivity contribution >= 4 is 0 Å². The molecule has 7 nitrogen and oxygen atoms in total. The first-order valence-electron chi connectivity index (χ1n) is 11.2. The van der Waals surface area contributed by atoms with Crippen molar-refractivity contribution < 1.29 is 16.8 Å². The monoisotopic (exact) mass is 456 g/mol. The van der Waals surface area contributed by atoms with E-state index < -0.39 is 0 Å². The zero-order chi connectivity index (χ0) is 21.0. The first kappa shape index (κ1) is 22.8. The van der Waals surface area contributed by atoms with Crippen LogP contribution in [0.2, 0.25) is 0 Å². The molecule has 170 valence electrons. The largest absolute Gasteiger partial charge is 1.00 e. The summed E-state index contributed by atoms with van der Waals surface area (Å²) in [7, 11) is 0. The fourth-order valence-electron chi connectivity index (χ4n) is 4.88. The number of hydrogen-bond donors (Lipinski definition) is 0. The van der Waals surface area contributed by atoms with Crippen molar-refractivity contribution in [1.29, 1.82) is 0 Å². The molecule has 0 amide bonds. The van der Waals surface area contributed by atoms with Gasteiger partial charge in [-0.1, -0.05) is 25.0 Å². The molecular weight excluding hydrogens is 429 g/mol. The Kier molecular flexibility index (Phi) is 7.44. The molecule has 2 aliphatic rings. The lowest BCUT2D eigenvalue weighted by atomic mass is 10.0. The third-order valence-corrected chi connectivity index (χ3v) is 6.55. The third-order valence-electron chi connectivity index (χ3n) is 6.55. The highest BCUT2D eigenvalue weighted by Crippen LogP contribution is 2.34. The van der Waals surface area contributed by atoms with E-state index >= 15 is 0 Å². The fraction of sp³-hybridized carbons (Fsp3) is 0.478. The molecule has 9 heteroatoms. The zero-order valence-corrected chi connectivity index (χ0v) is 18.8. The van der Waals surface area contributed by atoms with E-state index in [9.17, 15) is 4.39 Å². The summed E-state index contributed by atoms with van der Waals surface area (Å²) < 4.78 is 15.7. The van der Waals surface area contributed by atoms with Gasteiger partial charge in [0.05, 0.1) is 12.1 Å². The highest BCUT2D eigenvalue weighted by molar-refractivity contribution is 5.26. The van der Waals surface area contributed by atoms with Crippen LogP contribution in [0.3, 0.4) is 0 Å². The summed E-state index contributed by atoms with van der Waals surface area (Å²) in [4.78, 5) is 9.01. The molecule has 0 N–H and O–H groups in total. The second kappa shape index (κ2) is 10.5. The summed E-state index contributed by atoms with van der Waals surface area (Å²) >= 11 is 0. The van der Waals surface area contributed by atoms with Crippen molar-refractivity contribution in [1.82, 2.24) is 35.0 Å². The first-order valence-corrected chi connectivity index (χ1v) is 11.2. The lowest BCUT2D eigenvalue weighted by Gasteiger charge is -2.39. The first-order chi connectivity index (χ1) is 15.3. The van der Waals surface area contributed by atoms with Crippen molar-refractivity contribution in [3.63, 3.8) is 0 Å². The van der Waals surface area contributed by atoms with E-state index in [0.717, 1.165) is 57.0 Å². The maximum Gasteiger partial charge on any atom is 0.173 e. The number of hydrogen-bond acceptors (Lipinski definition) is 6. The van der Waals surface area contributed by atoms with E-state index in [4.69, 9.17) is 0 Å². The van der Waals surface area contributed by atoms with Gasteiger partial charge in [-0.05, 0) is 58.7 Å². The molecule has 0 radical (unpaired) electrons. The minimum Gasteiger partial charge on any atom is -1.00 e. The molecule has 32 heavy (non-hydrogen) atoms. The summed E-state index contributed by atoms with van der Waals surface area (Å²) in [6.45, 7) is 4.67. The van der Waals surface area contributed by atoms with Crippen LogP contribution in [-0.4, -0.2) is 61.2 Å². The Bertz CT molecular complexity index is 968. The van der Waals surface area contributed by atoms with E-state index in [0.29, 0.717) is 6.04 Å². The molecule has 3 aromatic rings. The molecule has 2 aromatic heterocycles. The molecule has 1 aromatic carbocycles. The van der Waals surface area contributed by atoms with Crippen LogP contribution in [0.5, 0.6) is 0 Å². The van der Waals surface area contributed by atoms with Crippen LogP contribution >= 0.6 is 0 Å². The van der Waals surface area contributed by atoms with Crippen LogP contribution in [0.25, 0.3) is 0 Å². The molecular formula is C23H28ClFN7-. The minimum absolute atomic E-state index is 0. The Morgan fingerprint density at radius 1 is 0.938 bits per heavy atom. The number of aromatic nitrogens is 5. The zero-order valence-electron chi connectivity index (χ0n) is 18.0. The SMILES string of the molecule is Fc1ccc(C(c2nnnn2C2CCCC2)N2CCN(Cc3ccncc3)CC2)cc1.[Cl-]. The topological polar surface area (TPSA) is 63.0 Å². The van der Waals surface area contributed by atoms with Crippen molar-refractivity contribution in [3.05, 3.63) is 71.6 Å². The molecule has 1 aliphatic carbocycles. The number of pyridine rings is 1. The number of rotatable bonds is 6. The highest BCUT2D eigenvalue weighted by atomic mass is 35.5. The van der Waals surface area contributed by atoms with Crippen molar-refractivity contribution in [2.75, 3.05) is 26.2 Å². The Labute approximate surface area is 194 Å². The van der Waals surface area contributed by atoms with Gasteiger partial charge in [-0.25, -0.2) is 9.07 Å². The number of tetrazole rings is 1. The van der Waals surface area contributed by atoms with Gasteiger partial charge in [0, 0.05) is 45.1 Å². The number of nitrogens with zero attached hydrogens (tertiary/aromatic N) is 7. The number of piperazine rings is 1. The molecule has 1 saturated heterocycles. The molecule has 2 fully saturated rings. The average Bonchev–Trinajstić information content (AvgIpc) is 3.49. The minimum atomic E-state index is -0.222.